The maximum Gasteiger partial charge on any atom is 0.238 e. The lowest BCUT2D eigenvalue weighted by Gasteiger charge is -2.15. The third-order valence-electron chi connectivity index (χ3n) is 3.50. The minimum Gasteiger partial charge on any atom is -0.495 e. The topological polar surface area (TPSA) is 50.4 Å². The van der Waals surface area contributed by atoms with Gasteiger partial charge in [0.1, 0.15) is 5.75 Å². The van der Waals surface area contributed by atoms with E-state index in [9.17, 15) is 4.79 Å². The summed E-state index contributed by atoms with van der Waals surface area (Å²) < 4.78 is 5.26. The number of carbonyl (C=O) groups excluding carboxylic acids is 1. The lowest BCUT2D eigenvalue weighted by molar-refractivity contribution is -0.115. The van der Waals surface area contributed by atoms with Crippen LogP contribution in [0, 0.1) is 6.92 Å². The molecule has 2 rings (SSSR count). The molecular weight excluding hydrogens is 276 g/mol. The van der Waals surface area contributed by atoms with E-state index in [-0.39, 0.29) is 18.5 Å². The second kappa shape index (κ2) is 7.61. The predicted molar refractivity (Wildman–Crippen MR) is 89.2 cm³/mol. The van der Waals surface area contributed by atoms with E-state index in [0.29, 0.717) is 11.4 Å². The standard InChI is InChI=1S/C18H22N2O2/c1-13-9-10-17(22-3)16(11-13)20-18(21)12-19-14(2)15-7-5-4-6-8-15/h4-11,14,19H,12H2,1-3H3,(H,20,21). The maximum absolute atomic E-state index is 12.1. The predicted octanol–water partition coefficient (Wildman–Crippen LogP) is 3.29. The molecule has 4 heteroatoms. The molecule has 0 saturated carbocycles. The molecule has 1 atom stereocenters. The van der Waals surface area contributed by atoms with Crippen molar-refractivity contribution in [1.82, 2.24) is 5.32 Å². The minimum atomic E-state index is -0.0910. The average Bonchev–Trinajstić information content (AvgIpc) is 2.53. The van der Waals surface area contributed by atoms with Crippen molar-refractivity contribution in [3.63, 3.8) is 0 Å². The molecule has 0 aliphatic carbocycles. The molecule has 2 N–H and O–H groups in total. The minimum absolute atomic E-state index is 0.0910. The molecule has 116 valence electrons. The van der Waals surface area contributed by atoms with E-state index >= 15 is 0 Å². The van der Waals surface area contributed by atoms with Gasteiger partial charge in [-0.2, -0.15) is 0 Å². The summed E-state index contributed by atoms with van der Waals surface area (Å²) in [6.07, 6.45) is 0. The molecule has 0 aromatic heterocycles. The molecule has 22 heavy (non-hydrogen) atoms. The molecule has 1 amide bonds. The van der Waals surface area contributed by atoms with Crippen LogP contribution in [0.1, 0.15) is 24.1 Å². The van der Waals surface area contributed by atoms with Crippen LogP contribution in [0.2, 0.25) is 0 Å². The first kappa shape index (κ1) is 16.0. The van der Waals surface area contributed by atoms with Gasteiger partial charge in [-0.25, -0.2) is 0 Å². The zero-order valence-electron chi connectivity index (χ0n) is 13.2. The molecule has 2 aromatic carbocycles. The summed E-state index contributed by atoms with van der Waals surface area (Å²) >= 11 is 0. The van der Waals surface area contributed by atoms with Gasteiger partial charge in [0.05, 0.1) is 19.3 Å². The van der Waals surface area contributed by atoms with E-state index in [1.54, 1.807) is 7.11 Å². The van der Waals surface area contributed by atoms with Gasteiger partial charge in [0.15, 0.2) is 0 Å². The highest BCUT2D eigenvalue weighted by molar-refractivity contribution is 5.93. The van der Waals surface area contributed by atoms with Crippen molar-refractivity contribution in [3.05, 3.63) is 59.7 Å². The molecule has 4 nitrogen and oxygen atoms in total. The van der Waals surface area contributed by atoms with Gasteiger partial charge < -0.3 is 15.4 Å². The number of amides is 1. The van der Waals surface area contributed by atoms with Crippen molar-refractivity contribution >= 4 is 11.6 Å². The van der Waals surface area contributed by atoms with Crippen molar-refractivity contribution in [2.45, 2.75) is 19.9 Å². The van der Waals surface area contributed by atoms with E-state index in [0.717, 1.165) is 11.1 Å². The lowest BCUT2D eigenvalue weighted by atomic mass is 10.1. The second-order valence-corrected chi connectivity index (χ2v) is 5.27. The number of ether oxygens (including phenoxy) is 1. The first-order valence-electron chi connectivity index (χ1n) is 7.33. The average molecular weight is 298 g/mol. The van der Waals surface area contributed by atoms with Gasteiger partial charge in [0.2, 0.25) is 5.91 Å². The van der Waals surface area contributed by atoms with Gasteiger partial charge in [-0.05, 0) is 37.1 Å². The Morgan fingerprint density at radius 1 is 1.18 bits per heavy atom. The normalized spacial score (nSPS) is 11.8. The molecule has 2 aromatic rings. The molecule has 0 bridgehead atoms. The third kappa shape index (κ3) is 4.33. The van der Waals surface area contributed by atoms with Crippen LogP contribution < -0.4 is 15.4 Å². The molecule has 0 fully saturated rings. The van der Waals surface area contributed by atoms with Crippen LogP contribution in [0.4, 0.5) is 5.69 Å². The second-order valence-electron chi connectivity index (χ2n) is 5.27. The fourth-order valence-electron chi connectivity index (χ4n) is 2.22. The van der Waals surface area contributed by atoms with Gasteiger partial charge in [-0.1, -0.05) is 36.4 Å². The van der Waals surface area contributed by atoms with Gasteiger partial charge in [-0.15, -0.1) is 0 Å². The number of aryl methyl sites for hydroxylation is 1. The molecule has 0 aliphatic rings. The molecule has 0 radical (unpaired) electrons. The number of anilines is 1. The summed E-state index contributed by atoms with van der Waals surface area (Å²) in [6, 6.07) is 15.9. The van der Waals surface area contributed by atoms with E-state index in [2.05, 4.69) is 10.6 Å². The Balaban J connectivity index is 1.92. The van der Waals surface area contributed by atoms with Crippen LogP contribution in [-0.4, -0.2) is 19.6 Å². The largest absolute Gasteiger partial charge is 0.495 e. The summed E-state index contributed by atoms with van der Waals surface area (Å²) in [5.74, 6) is 0.571. The van der Waals surface area contributed by atoms with E-state index < -0.39 is 0 Å². The zero-order valence-corrected chi connectivity index (χ0v) is 13.2. The number of hydrogen-bond acceptors (Lipinski definition) is 3. The highest BCUT2D eigenvalue weighted by Crippen LogP contribution is 2.25. The summed E-state index contributed by atoms with van der Waals surface area (Å²) in [7, 11) is 1.59. The van der Waals surface area contributed by atoms with E-state index in [4.69, 9.17) is 4.74 Å². The van der Waals surface area contributed by atoms with Crippen LogP contribution in [0.5, 0.6) is 5.75 Å². The number of nitrogens with one attached hydrogen (secondary N) is 2. The lowest BCUT2D eigenvalue weighted by Crippen LogP contribution is -2.30. The van der Waals surface area contributed by atoms with Gasteiger partial charge in [0.25, 0.3) is 0 Å². The summed E-state index contributed by atoms with van der Waals surface area (Å²) in [6.45, 7) is 4.26. The molecular formula is C18H22N2O2. The summed E-state index contributed by atoms with van der Waals surface area (Å²) in [5.41, 5.74) is 2.92. The van der Waals surface area contributed by atoms with Crippen molar-refractivity contribution in [3.8, 4) is 5.75 Å². The van der Waals surface area contributed by atoms with E-state index in [1.165, 1.54) is 0 Å². The van der Waals surface area contributed by atoms with Crippen molar-refractivity contribution in [2.75, 3.05) is 19.0 Å². The Kier molecular flexibility index (Phi) is 5.55. The smallest absolute Gasteiger partial charge is 0.238 e. The number of methoxy groups -OCH3 is 1. The van der Waals surface area contributed by atoms with Gasteiger partial charge >= 0.3 is 0 Å². The van der Waals surface area contributed by atoms with Crippen LogP contribution in [0.3, 0.4) is 0 Å². The highest BCUT2D eigenvalue weighted by atomic mass is 16.5. The molecule has 1 unspecified atom stereocenters. The number of hydrogen-bond donors (Lipinski definition) is 2. The fourth-order valence-corrected chi connectivity index (χ4v) is 2.22. The Labute approximate surface area is 131 Å². The van der Waals surface area contributed by atoms with Crippen molar-refractivity contribution in [1.29, 1.82) is 0 Å². The number of benzene rings is 2. The monoisotopic (exact) mass is 298 g/mol. The van der Waals surface area contributed by atoms with Crippen LogP contribution >= 0.6 is 0 Å². The van der Waals surface area contributed by atoms with Crippen molar-refractivity contribution < 1.29 is 9.53 Å². The number of rotatable bonds is 6. The van der Waals surface area contributed by atoms with E-state index in [1.807, 2.05) is 62.4 Å². The Morgan fingerprint density at radius 3 is 2.59 bits per heavy atom. The van der Waals surface area contributed by atoms with Crippen LogP contribution in [0.15, 0.2) is 48.5 Å². The van der Waals surface area contributed by atoms with Crippen LogP contribution in [0.25, 0.3) is 0 Å². The van der Waals surface area contributed by atoms with Gasteiger partial charge in [0, 0.05) is 6.04 Å². The van der Waals surface area contributed by atoms with Gasteiger partial charge in [-0.3, -0.25) is 4.79 Å². The first-order valence-corrected chi connectivity index (χ1v) is 7.33. The Bertz CT molecular complexity index is 626. The number of carbonyl (C=O) groups is 1. The SMILES string of the molecule is COc1ccc(C)cc1NC(=O)CNC(C)c1ccccc1. The first-order chi connectivity index (χ1) is 10.6. The Morgan fingerprint density at radius 2 is 1.91 bits per heavy atom. The molecule has 0 aliphatic heterocycles. The van der Waals surface area contributed by atoms with Crippen molar-refractivity contribution in [2.24, 2.45) is 0 Å². The van der Waals surface area contributed by atoms with Crippen LogP contribution in [-0.2, 0) is 4.79 Å². The highest BCUT2D eigenvalue weighted by Gasteiger charge is 2.10. The Hall–Kier alpha value is -2.33. The third-order valence-corrected chi connectivity index (χ3v) is 3.50. The molecule has 0 saturated heterocycles. The summed E-state index contributed by atoms with van der Waals surface area (Å²) in [5, 5.41) is 6.10. The fraction of sp³-hybridized carbons (Fsp3) is 0.278. The quantitative estimate of drug-likeness (QED) is 0.860. The zero-order chi connectivity index (χ0) is 15.9. The molecule has 0 heterocycles. The molecule has 0 spiro atoms. The summed E-state index contributed by atoms with van der Waals surface area (Å²) in [4.78, 5) is 12.1. The maximum atomic E-state index is 12.1.